The smallest absolute Gasteiger partial charge is 0.248 e. The molecule has 0 radical (unpaired) electrons. The Kier molecular flexibility index (Phi) is 3.14. The van der Waals surface area contributed by atoms with E-state index in [2.05, 4.69) is 0 Å². The highest BCUT2D eigenvalue weighted by atomic mass is 32.2. The first kappa shape index (κ1) is 11.7. The summed E-state index contributed by atoms with van der Waals surface area (Å²) in [5, 5.41) is 0. The number of carbonyl (C=O) groups excluding carboxylic acids is 1. The summed E-state index contributed by atoms with van der Waals surface area (Å²) in [6, 6.07) is 4.49. The maximum absolute atomic E-state index is 11.4. The molecule has 1 amide bonds. The molecule has 2 N–H and O–H groups in total. The highest BCUT2D eigenvalue weighted by molar-refractivity contribution is 7.90. The number of nitrogens with two attached hydrogens (primary N) is 1. The fourth-order valence-electron chi connectivity index (χ4n) is 1.35. The van der Waals surface area contributed by atoms with Gasteiger partial charge >= 0.3 is 0 Å². The van der Waals surface area contributed by atoms with Crippen LogP contribution in [0.5, 0.6) is 0 Å². The number of primary amides is 1. The molecule has 1 aromatic carbocycles. The van der Waals surface area contributed by atoms with Gasteiger partial charge in [0.2, 0.25) is 5.91 Å². The van der Waals surface area contributed by atoms with Crippen LogP contribution in [-0.2, 0) is 16.3 Å². The molecule has 1 rings (SSSR count). The molecule has 0 unspecified atom stereocenters. The van der Waals surface area contributed by atoms with Gasteiger partial charge in [-0.15, -0.1) is 0 Å². The van der Waals surface area contributed by atoms with Crippen molar-refractivity contribution >= 4 is 15.7 Å². The average molecular weight is 227 g/mol. The number of aryl methyl sites for hydroxylation is 1. The van der Waals surface area contributed by atoms with E-state index in [1.165, 1.54) is 12.1 Å². The number of carbonyl (C=O) groups is 1. The maximum Gasteiger partial charge on any atom is 0.248 e. The molecule has 0 aliphatic rings. The Morgan fingerprint density at radius 2 is 2.00 bits per heavy atom. The second-order valence-electron chi connectivity index (χ2n) is 3.31. The van der Waals surface area contributed by atoms with E-state index in [1.54, 1.807) is 6.07 Å². The van der Waals surface area contributed by atoms with Crippen LogP contribution in [0.4, 0.5) is 0 Å². The van der Waals surface area contributed by atoms with Gasteiger partial charge in [-0.1, -0.05) is 13.0 Å². The van der Waals surface area contributed by atoms with Crippen molar-refractivity contribution in [2.75, 3.05) is 6.26 Å². The lowest BCUT2D eigenvalue weighted by Crippen LogP contribution is -2.13. The Bertz CT molecular complexity index is 491. The van der Waals surface area contributed by atoms with Crippen molar-refractivity contribution in [2.45, 2.75) is 18.2 Å². The van der Waals surface area contributed by atoms with Crippen molar-refractivity contribution in [1.29, 1.82) is 0 Å². The first-order chi connectivity index (χ1) is 6.86. The maximum atomic E-state index is 11.4. The Morgan fingerprint density at radius 3 is 2.40 bits per heavy atom. The van der Waals surface area contributed by atoms with E-state index in [9.17, 15) is 13.2 Å². The van der Waals surface area contributed by atoms with Crippen molar-refractivity contribution < 1.29 is 13.2 Å². The van der Waals surface area contributed by atoms with Gasteiger partial charge in [-0.3, -0.25) is 4.79 Å². The lowest BCUT2D eigenvalue weighted by Gasteiger charge is -2.06. The molecule has 0 bridgehead atoms. The van der Waals surface area contributed by atoms with Crippen LogP contribution in [0.3, 0.4) is 0 Å². The molecule has 0 spiro atoms. The van der Waals surface area contributed by atoms with E-state index >= 15 is 0 Å². The quantitative estimate of drug-likeness (QED) is 0.827. The molecule has 0 fully saturated rings. The van der Waals surface area contributed by atoms with Gasteiger partial charge in [0, 0.05) is 11.8 Å². The lowest BCUT2D eigenvalue weighted by molar-refractivity contribution is 0.1000. The summed E-state index contributed by atoms with van der Waals surface area (Å²) in [4.78, 5) is 11.1. The summed E-state index contributed by atoms with van der Waals surface area (Å²) in [5.41, 5.74) is 6.00. The summed E-state index contributed by atoms with van der Waals surface area (Å²) >= 11 is 0. The van der Waals surface area contributed by atoms with E-state index in [0.29, 0.717) is 12.0 Å². The van der Waals surface area contributed by atoms with E-state index in [4.69, 9.17) is 5.73 Å². The van der Waals surface area contributed by atoms with Gasteiger partial charge in [-0.05, 0) is 24.1 Å². The topological polar surface area (TPSA) is 77.2 Å². The molecule has 0 atom stereocenters. The van der Waals surface area contributed by atoms with Crippen LogP contribution in [0.15, 0.2) is 23.1 Å². The van der Waals surface area contributed by atoms with Gasteiger partial charge in [0.05, 0.1) is 4.90 Å². The third-order valence-electron chi connectivity index (χ3n) is 2.13. The van der Waals surface area contributed by atoms with Crippen molar-refractivity contribution in [2.24, 2.45) is 5.73 Å². The standard InChI is InChI=1S/C10H13NO3S/c1-3-7-4-5-8(10(11)12)6-9(7)15(2,13)14/h4-6H,3H2,1-2H3,(H2,11,12). The first-order valence-corrected chi connectivity index (χ1v) is 6.38. The predicted octanol–water partition coefficient (Wildman–Crippen LogP) is 0.751. The molecule has 0 saturated carbocycles. The Balaban J connectivity index is 3.46. The lowest BCUT2D eigenvalue weighted by atomic mass is 10.1. The summed E-state index contributed by atoms with van der Waals surface area (Å²) < 4.78 is 22.9. The van der Waals surface area contributed by atoms with E-state index in [1.807, 2.05) is 6.92 Å². The molecular formula is C10H13NO3S. The number of benzene rings is 1. The molecule has 0 aliphatic heterocycles. The van der Waals surface area contributed by atoms with Crippen molar-refractivity contribution in [3.63, 3.8) is 0 Å². The molecule has 0 aromatic heterocycles. The second-order valence-corrected chi connectivity index (χ2v) is 5.30. The van der Waals surface area contributed by atoms with Gasteiger partial charge < -0.3 is 5.73 Å². The summed E-state index contributed by atoms with van der Waals surface area (Å²) in [6.45, 7) is 1.86. The van der Waals surface area contributed by atoms with Crippen molar-refractivity contribution in [1.82, 2.24) is 0 Å². The van der Waals surface area contributed by atoms with E-state index < -0.39 is 15.7 Å². The third-order valence-corrected chi connectivity index (χ3v) is 3.31. The van der Waals surface area contributed by atoms with Crippen molar-refractivity contribution in [3.05, 3.63) is 29.3 Å². The molecule has 0 aliphatic carbocycles. The monoisotopic (exact) mass is 227 g/mol. The Labute approximate surface area is 89.0 Å². The van der Waals surface area contributed by atoms with Crippen molar-refractivity contribution in [3.8, 4) is 0 Å². The number of hydrogen-bond acceptors (Lipinski definition) is 3. The third kappa shape index (κ3) is 2.56. The van der Waals surface area contributed by atoms with Gasteiger partial charge in [0.25, 0.3) is 0 Å². The van der Waals surface area contributed by atoms with Crippen LogP contribution in [0, 0.1) is 0 Å². The van der Waals surface area contributed by atoms with Gasteiger partial charge in [0.15, 0.2) is 9.84 Å². The fraction of sp³-hybridized carbons (Fsp3) is 0.300. The summed E-state index contributed by atoms with van der Waals surface area (Å²) in [6.07, 6.45) is 1.72. The minimum absolute atomic E-state index is 0.182. The number of amides is 1. The normalized spacial score (nSPS) is 11.3. The van der Waals surface area contributed by atoms with Gasteiger partial charge in [-0.2, -0.15) is 0 Å². The highest BCUT2D eigenvalue weighted by Crippen LogP contribution is 2.18. The van der Waals surface area contributed by atoms with Crippen LogP contribution in [0.2, 0.25) is 0 Å². The van der Waals surface area contributed by atoms with Crippen LogP contribution >= 0.6 is 0 Å². The predicted molar refractivity (Wildman–Crippen MR) is 57.4 cm³/mol. The summed E-state index contributed by atoms with van der Waals surface area (Å²) in [5.74, 6) is -0.623. The summed E-state index contributed by atoms with van der Waals surface area (Å²) in [7, 11) is -3.31. The van der Waals surface area contributed by atoms with Crippen LogP contribution in [0.25, 0.3) is 0 Å². The van der Waals surface area contributed by atoms with Gasteiger partial charge in [0.1, 0.15) is 0 Å². The molecular weight excluding hydrogens is 214 g/mol. The SMILES string of the molecule is CCc1ccc(C(N)=O)cc1S(C)(=O)=O. The second kappa shape index (κ2) is 4.02. The zero-order valence-electron chi connectivity index (χ0n) is 8.65. The molecule has 0 heterocycles. The zero-order chi connectivity index (χ0) is 11.6. The Hall–Kier alpha value is -1.36. The zero-order valence-corrected chi connectivity index (χ0v) is 9.47. The Morgan fingerprint density at radius 1 is 1.40 bits per heavy atom. The molecule has 1 aromatic rings. The molecule has 5 heteroatoms. The number of hydrogen-bond donors (Lipinski definition) is 1. The molecule has 4 nitrogen and oxygen atoms in total. The fourth-order valence-corrected chi connectivity index (χ4v) is 2.37. The highest BCUT2D eigenvalue weighted by Gasteiger charge is 2.14. The average Bonchev–Trinajstić information content (AvgIpc) is 2.15. The van der Waals surface area contributed by atoms with Crippen LogP contribution < -0.4 is 5.73 Å². The minimum atomic E-state index is -3.31. The number of rotatable bonds is 3. The molecule has 0 saturated heterocycles. The largest absolute Gasteiger partial charge is 0.366 e. The molecule has 82 valence electrons. The van der Waals surface area contributed by atoms with Gasteiger partial charge in [-0.25, -0.2) is 8.42 Å². The van der Waals surface area contributed by atoms with Crippen LogP contribution in [0.1, 0.15) is 22.8 Å². The first-order valence-electron chi connectivity index (χ1n) is 4.49. The van der Waals surface area contributed by atoms with E-state index in [0.717, 1.165) is 6.26 Å². The van der Waals surface area contributed by atoms with E-state index in [-0.39, 0.29) is 10.5 Å². The number of sulfone groups is 1. The van der Waals surface area contributed by atoms with Crippen LogP contribution in [-0.4, -0.2) is 20.6 Å². The minimum Gasteiger partial charge on any atom is -0.366 e. The molecule has 15 heavy (non-hydrogen) atoms.